The van der Waals surface area contributed by atoms with E-state index in [-0.39, 0.29) is 22.6 Å². The van der Waals surface area contributed by atoms with Crippen molar-refractivity contribution in [1.29, 1.82) is 0 Å². The van der Waals surface area contributed by atoms with E-state index >= 15 is 0 Å². The van der Waals surface area contributed by atoms with Crippen LogP contribution in [0.4, 0.5) is 11.4 Å². The van der Waals surface area contributed by atoms with Crippen LogP contribution in [0.3, 0.4) is 0 Å². The van der Waals surface area contributed by atoms with Gasteiger partial charge in [-0.15, -0.1) is 0 Å². The molecule has 0 saturated carbocycles. The van der Waals surface area contributed by atoms with Crippen molar-refractivity contribution >= 4 is 45.1 Å². The van der Waals surface area contributed by atoms with Crippen LogP contribution in [0.2, 0.25) is 5.02 Å². The summed E-state index contributed by atoms with van der Waals surface area (Å²) in [6, 6.07) is 14.6. The second kappa shape index (κ2) is 10.6. The fourth-order valence-corrected chi connectivity index (χ4v) is 6.52. The lowest BCUT2D eigenvalue weighted by molar-refractivity contribution is -0.131. The highest BCUT2D eigenvalue weighted by Crippen LogP contribution is 2.43. The summed E-state index contributed by atoms with van der Waals surface area (Å²) in [5.41, 5.74) is 3.51. The third-order valence-electron chi connectivity index (χ3n) is 7.17. The molecule has 1 unspecified atom stereocenters. The van der Waals surface area contributed by atoms with Crippen LogP contribution in [-0.4, -0.2) is 63.1 Å². The molecule has 204 valence electrons. The number of halogens is 1. The quantitative estimate of drug-likeness (QED) is 0.442. The van der Waals surface area contributed by atoms with Crippen molar-refractivity contribution in [3.8, 4) is 16.9 Å². The van der Waals surface area contributed by atoms with Crippen molar-refractivity contribution < 1.29 is 18.3 Å². The SMILES string of the molecule is Cc1cc(Cl)cc(N2C=Nc3cc(S(C)(=O)=O)c(-c4cccc(O)c4)cc3C2C(=O)N(C)C[C@@H]2CCCN2)c1. The molecule has 0 aliphatic carbocycles. The molecule has 1 fully saturated rings. The van der Waals surface area contributed by atoms with Crippen molar-refractivity contribution in [2.75, 3.05) is 31.3 Å². The Morgan fingerprint density at radius 3 is 2.67 bits per heavy atom. The maximum absolute atomic E-state index is 14.2. The average molecular weight is 567 g/mol. The normalized spacial score (nSPS) is 18.7. The number of anilines is 1. The molecule has 2 N–H and O–H groups in total. The molecule has 5 rings (SSSR count). The minimum atomic E-state index is -3.66. The molecule has 2 aliphatic rings. The number of hydrogen-bond acceptors (Lipinski definition) is 7. The molecule has 0 radical (unpaired) electrons. The van der Waals surface area contributed by atoms with Crippen LogP contribution in [0.15, 0.2) is 64.5 Å². The molecular formula is C29H31ClN4O4S. The monoisotopic (exact) mass is 566 g/mol. The number of aromatic hydroxyl groups is 1. The van der Waals surface area contributed by atoms with Crippen molar-refractivity contribution in [2.45, 2.75) is 36.7 Å². The molecule has 1 saturated heterocycles. The van der Waals surface area contributed by atoms with Gasteiger partial charge in [0.25, 0.3) is 0 Å². The highest BCUT2D eigenvalue weighted by Gasteiger charge is 2.36. The summed E-state index contributed by atoms with van der Waals surface area (Å²) in [5, 5.41) is 14.1. The predicted molar refractivity (Wildman–Crippen MR) is 155 cm³/mol. The minimum Gasteiger partial charge on any atom is -0.508 e. The van der Waals surface area contributed by atoms with Crippen LogP contribution in [0, 0.1) is 6.92 Å². The fourth-order valence-electron chi connectivity index (χ4n) is 5.34. The molecule has 3 aromatic rings. The lowest BCUT2D eigenvalue weighted by Gasteiger charge is -2.36. The zero-order valence-electron chi connectivity index (χ0n) is 22.1. The van der Waals surface area contributed by atoms with Gasteiger partial charge in [-0.1, -0.05) is 23.7 Å². The smallest absolute Gasteiger partial charge is 0.250 e. The molecule has 10 heteroatoms. The van der Waals surface area contributed by atoms with Crippen molar-refractivity contribution in [1.82, 2.24) is 10.2 Å². The Morgan fingerprint density at radius 1 is 1.21 bits per heavy atom. The van der Waals surface area contributed by atoms with E-state index in [1.165, 1.54) is 18.2 Å². The summed E-state index contributed by atoms with van der Waals surface area (Å²) in [6.45, 7) is 3.41. The van der Waals surface area contributed by atoms with Crippen LogP contribution < -0.4 is 10.2 Å². The van der Waals surface area contributed by atoms with Gasteiger partial charge in [-0.25, -0.2) is 13.4 Å². The number of carbonyl (C=O) groups is 1. The molecule has 2 heterocycles. The number of likely N-dealkylation sites (N-methyl/N-ethyl adjacent to an activating group) is 1. The van der Waals surface area contributed by atoms with Gasteiger partial charge in [0.05, 0.1) is 16.9 Å². The molecule has 3 aromatic carbocycles. The maximum atomic E-state index is 14.2. The van der Waals surface area contributed by atoms with E-state index in [0.29, 0.717) is 39.6 Å². The van der Waals surface area contributed by atoms with E-state index in [4.69, 9.17) is 11.6 Å². The van der Waals surface area contributed by atoms with Gasteiger partial charge in [-0.05, 0) is 79.9 Å². The number of carbonyl (C=O) groups excluding carboxylic acids is 1. The Hall–Kier alpha value is -3.40. The average Bonchev–Trinajstić information content (AvgIpc) is 3.38. The lowest BCUT2D eigenvalue weighted by Crippen LogP contribution is -2.46. The van der Waals surface area contributed by atoms with Crippen molar-refractivity contribution in [3.63, 3.8) is 0 Å². The Balaban J connectivity index is 1.69. The first-order valence-electron chi connectivity index (χ1n) is 12.8. The van der Waals surface area contributed by atoms with E-state index in [1.54, 1.807) is 47.5 Å². The number of sulfone groups is 1. The molecular weight excluding hydrogens is 536 g/mol. The molecule has 0 bridgehead atoms. The number of benzene rings is 3. The number of hydrogen-bond donors (Lipinski definition) is 2. The van der Waals surface area contributed by atoms with Gasteiger partial charge in [0.15, 0.2) is 9.84 Å². The Kier molecular flexibility index (Phi) is 7.41. The minimum absolute atomic E-state index is 0.00939. The van der Waals surface area contributed by atoms with E-state index in [2.05, 4.69) is 10.3 Å². The standard InChI is InChI=1S/C29H31ClN4O4S/c1-18-10-20(30)13-22(11-18)34-17-32-26-15-27(39(3,37)38)24(19-6-4-8-23(35)12-19)14-25(26)28(34)29(36)33(2)16-21-7-5-9-31-21/h4,6,8,10-15,17,21,28,31,35H,5,7,9,16H2,1-3H3/t21-,28?/m0/s1. The van der Waals surface area contributed by atoms with E-state index < -0.39 is 15.9 Å². The molecule has 0 aromatic heterocycles. The number of aryl methyl sites for hydroxylation is 1. The molecule has 2 aliphatic heterocycles. The summed E-state index contributed by atoms with van der Waals surface area (Å²) < 4.78 is 25.7. The van der Waals surface area contributed by atoms with Gasteiger partial charge in [-0.2, -0.15) is 0 Å². The maximum Gasteiger partial charge on any atom is 0.250 e. The number of nitrogens with one attached hydrogen (secondary N) is 1. The highest BCUT2D eigenvalue weighted by atomic mass is 35.5. The number of phenolic OH excluding ortho intramolecular Hbond substituents is 1. The Labute approximate surface area is 233 Å². The predicted octanol–water partition coefficient (Wildman–Crippen LogP) is 4.86. The summed E-state index contributed by atoms with van der Waals surface area (Å²) >= 11 is 6.40. The Bertz CT molecular complexity index is 1550. The first-order chi connectivity index (χ1) is 18.5. The van der Waals surface area contributed by atoms with Crippen molar-refractivity contribution in [2.24, 2.45) is 4.99 Å². The first-order valence-corrected chi connectivity index (χ1v) is 15.0. The summed E-state index contributed by atoms with van der Waals surface area (Å²) in [7, 11) is -1.88. The summed E-state index contributed by atoms with van der Waals surface area (Å²) in [4.78, 5) is 22.4. The van der Waals surface area contributed by atoms with Crippen LogP contribution in [0.5, 0.6) is 5.75 Å². The first kappa shape index (κ1) is 27.2. The van der Waals surface area contributed by atoms with Gasteiger partial charge >= 0.3 is 0 Å². The fraction of sp³-hybridized carbons (Fsp3) is 0.310. The number of aliphatic imine (C=N–C) groups is 1. The molecule has 0 spiro atoms. The van der Waals surface area contributed by atoms with Crippen molar-refractivity contribution in [3.05, 3.63) is 70.7 Å². The third kappa shape index (κ3) is 5.66. The van der Waals surface area contributed by atoms with Crippen LogP contribution in [-0.2, 0) is 14.6 Å². The second-order valence-corrected chi connectivity index (χ2v) is 12.7. The third-order valence-corrected chi connectivity index (χ3v) is 8.53. The summed E-state index contributed by atoms with van der Waals surface area (Å²) in [5.74, 6) is -0.141. The number of nitrogens with zero attached hydrogens (tertiary/aromatic N) is 3. The van der Waals surface area contributed by atoms with Gasteiger partial charge in [-0.3, -0.25) is 4.79 Å². The van der Waals surface area contributed by atoms with Gasteiger partial charge in [0, 0.05) is 47.7 Å². The van der Waals surface area contributed by atoms with Crippen LogP contribution in [0.25, 0.3) is 11.1 Å². The second-order valence-electron chi connectivity index (χ2n) is 10.3. The molecule has 39 heavy (non-hydrogen) atoms. The van der Waals surface area contributed by atoms with Gasteiger partial charge < -0.3 is 20.2 Å². The van der Waals surface area contributed by atoms with E-state index in [9.17, 15) is 18.3 Å². The van der Waals surface area contributed by atoms with Crippen LogP contribution >= 0.6 is 11.6 Å². The molecule has 8 nitrogen and oxygen atoms in total. The Morgan fingerprint density at radius 2 is 2.00 bits per heavy atom. The molecule has 1 amide bonds. The van der Waals surface area contributed by atoms with Gasteiger partial charge in [0.2, 0.25) is 5.91 Å². The molecule has 2 atom stereocenters. The zero-order valence-corrected chi connectivity index (χ0v) is 23.6. The summed E-state index contributed by atoms with van der Waals surface area (Å²) in [6.07, 6.45) is 4.77. The van der Waals surface area contributed by atoms with E-state index in [0.717, 1.165) is 31.2 Å². The lowest BCUT2D eigenvalue weighted by atomic mass is 9.94. The largest absolute Gasteiger partial charge is 0.508 e. The highest BCUT2D eigenvalue weighted by molar-refractivity contribution is 7.90. The number of fused-ring (bicyclic) bond motifs is 1. The van der Waals surface area contributed by atoms with Crippen LogP contribution in [0.1, 0.15) is 30.0 Å². The number of rotatable bonds is 6. The number of amides is 1. The topological polar surface area (TPSA) is 102 Å². The van der Waals surface area contributed by atoms with Gasteiger partial charge in [0.1, 0.15) is 11.8 Å². The number of phenols is 1. The van der Waals surface area contributed by atoms with E-state index in [1.807, 2.05) is 19.1 Å². The zero-order chi connectivity index (χ0) is 27.9.